The maximum Gasteiger partial charge on any atom is 0.241 e. The standard InChI is InChI=1S/C12H18N2O2S/c1-9(8-17(2)16)14-12(15)11(13)10-6-4-3-5-7-10/h3-7,9,11H,8,13H2,1-2H3,(H,14,15)/t9?,11-,17?/m0/s1. The molecule has 3 atom stereocenters. The van der Waals surface area contributed by atoms with E-state index in [-0.39, 0.29) is 11.9 Å². The lowest BCUT2D eigenvalue weighted by Gasteiger charge is -2.16. The molecule has 0 radical (unpaired) electrons. The first kappa shape index (κ1) is 13.9. The summed E-state index contributed by atoms with van der Waals surface area (Å²) in [6.07, 6.45) is 1.61. The number of nitrogens with two attached hydrogens (primary N) is 1. The molecule has 0 aliphatic carbocycles. The Labute approximate surface area is 104 Å². The molecule has 3 N–H and O–H groups in total. The Kier molecular flexibility index (Phi) is 5.31. The van der Waals surface area contributed by atoms with Crippen molar-refractivity contribution < 1.29 is 9.00 Å². The van der Waals surface area contributed by atoms with Crippen LogP contribution in [0.15, 0.2) is 30.3 Å². The number of rotatable bonds is 5. The first-order chi connectivity index (χ1) is 8.00. The van der Waals surface area contributed by atoms with Gasteiger partial charge in [0.05, 0.1) is 0 Å². The zero-order chi connectivity index (χ0) is 12.8. The smallest absolute Gasteiger partial charge is 0.241 e. The summed E-state index contributed by atoms with van der Waals surface area (Å²) < 4.78 is 11.0. The van der Waals surface area contributed by atoms with Gasteiger partial charge in [-0.05, 0) is 12.5 Å². The quantitative estimate of drug-likeness (QED) is 0.807. The van der Waals surface area contributed by atoms with E-state index in [1.165, 1.54) is 0 Å². The molecule has 0 aromatic heterocycles. The van der Waals surface area contributed by atoms with E-state index in [0.717, 1.165) is 5.56 Å². The predicted octanol–water partition coefficient (Wildman–Crippen LogP) is 0.570. The Bertz CT molecular complexity index is 395. The topological polar surface area (TPSA) is 72.2 Å². The van der Waals surface area contributed by atoms with Crippen LogP contribution in [0.2, 0.25) is 0 Å². The van der Waals surface area contributed by atoms with Gasteiger partial charge in [-0.2, -0.15) is 0 Å². The van der Waals surface area contributed by atoms with Crippen molar-refractivity contribution in [3.63, 3.8) is 0 Å². The summed E-state index contributed by atoms with van der Waals surface area (Å²) in [7, 11) is -0.925. The van der Waals surface area contributed by atoms with Gasteiger partial charge in [0.15, 0.2) is 0 Å². The Hall–Kier alpha value is -1.20. The van der Waals surface area contributed by atoms with Crippen molar-refractivity contribution in [2.45, 2.75) is 19.0 Å². The molecule has 2 unspecified atom stereocenters. The van der Waals surface area contributed by atoms with E-state index in [4.69, 9.17) is 5.73 Å². The molecule has 1 amide bonds. The maximum atomic E-state index is 11.8. The minimum Gasteiger partial charge on any atom is -0.351 e. The molecule has 0 bridgehead atoms. The molecule has 0 aliphatic rings. The summed E-state index contributed by atoms with van der Waals surface area (Å²) in [5.74, 6) is 0.196. The minimum absolute atomic E-state index is 0.136. The third-order valence-corrected chi connectivity index (χ3v) is 3.28. The monoisotopic (exact) mass is 254 g/mol. The maximum absolute atomic E-state index is 11.8. The second-order valence-corrected chi connectivity index (χ2v) is 5.52. The average molecular weight is 254 g/mol. The molecule has 17 heavy (non-hydrogen) atoms. The van der Waals surface area contributed by atoms with Gasteiger partial charge in [0, 0.05) is 28.9 Å². The molecule has 0 aliphatic heterocycles. The number of amides is 1. The average Bonchev–Trinajstić information content (AvgIpc) is 2.28. The zero-order valence-electron chi connectivity index (χ0n) is 10.1. The van der Waals surface area contributed by atoms with Crippen molar-refractivity contribution in [1.29, 1.82) is 0 Å². The van der Waals surface area contributed by atoms with Crippen molar-refractivity contribution >= 4 is 16.7 Å². The van der Waals surface area contributed by atoms with Crippen molar-refractivity contribution in [2.75, 3.05) is 12.0 Å². The van der Waals surface area contributed by atoms with E-state index in [0.29, 0.717) is 5.75 Å². The number of hydrogen-bond acceptors (Lipinski definition) is 3. The van der Waals surface area contributed by atoms with Gasteiger partial charge in [-0.15, -0.1) is 0 Å². The number of nitrogens with one attached hydrogen (secondary N) is 1. The molecule has 0 saturated heterocycles. The third kappa shape index (κ3) is 4.66. The molecule has 1 rings (SSSR count). The van der Waals surface area contributed by atoms with Crippen LogP contribution >= 0.6 is 0 Å². The van der Waals surface area contributed by atoms with E-state index < -0.39 is 16.8 Å². The van der Waals surface area contributed by atoms with E-state index in [1.807, 2.05) is 37.3 Å². The van der Waals surface area contributed by atoms with Crippen LogP contribution in [0, 0.1) is 0 Å². The summed E-state index contributed by atoms with van der Waals surface area (Å²) >= 11 is 0. The second kappa shape index (κ2) is 6.51. The summed E-state index contributed by atoms with van der Waals surface area (Å²) in [6, 6.07) is 8.36. The molecule has 5 heteroatoms. The van der Waals surface area contributed by atoms with Gasteiger partial charge in [-0.25, -0.2) is 0 Å². The summed E-state index contributed by atoms with van der Waals surface area (Å²) in [5.41, 5.74) is 6.60. The summed E-state index contributed by atoms with van der Waals surface area (Å²) in [6.45, 7) is 1.82. The number of benzene rings is 1. The van der Waals surface area contributed by atoms with Crippen LogP contribution in [0.1, 0.15) is 18.5 Å². The predicted molar refractivity (Wildman–Crippen MR) is 69.9 cm³/mol. The lowest BCUT2D eigenvalue weighted by atomic mass is 10.1. The van der Waals surface area contributed by atoms with Crippen molar-refractivity contribution in [1.82, 2.24) is 5.32 Å². The minimum atomic E-state index is -0.925. The SMILES string of the molecule is CC(CS(C)=O)NC(=O)[C@@H](N)c1ccccc1. The Balaban J connectivity index is 2.56. The highest BCUT2D eigenvalue weighted by molar-refractivity contribution is 7.84. The molecular formula is C12H18N2O2S. The van der Waals surface area contributed by atoms with E-state index in [9.17, 15) is 9.00 Å². The Morgan fingerprint density at radius 3 is 2.53 bits per heavy atom. The van der Waals surface area contributed by atoms with E-state index in [2.05, 4.69) is 5.32 Å². The summed E-state index contributed by atoms with van der Waals surface area (Å²) in [4.78, 5) is 11.8. The fraction of sp³-hybridized carbons (Fsp3) is 0.417. The van der Waals surface area contributed by atoms with Crippen LogP contribution in [0.4, 0.5) is 0 Å². The van der Waals surface area contributed by atoms with Gasteiger partial charge in [0.25, 0.3) is 0 Å². The molecule has 0 saturated carbocycles. The number of hydrogen-bond donors (Lipinski definition) is 2. The fourth-order valence-electron chi connectivity index (χ4n) is 1.54. The molecule has 0 heterocycles. The molecule has 0 spiro atoms. The van der Waals surface area contributed by atoms with Crippen LogP contribution in [0.3, 0.4) is 0 Å². The Morgan fingerprint density at radius 1 is 1.41 bits per heavy atom. The first-order valence-corrected chi connectivity index (χ1v) is 7.14. The second-order valence-electron chi connectivity index (χ2n) is 4.04. The molecule has 0 fully saturated rings. The van der Waals surface area contributed by atoms with Crippen molar-refractivity contribution in [3.8, 4) is 0 Å². The number of carbonyl (C=O) groups excluding carboxylic acids is 1. The van der Waals surface area contributed by atoms with Crippen LogP contribution in [0.25, 0.3) is 0 Å². The van der Waals surface area contributed by atoms with Gasteiger partial charge in [0.2, 0.25) is 5.91 Å². The van der Waals surface area contributed by atoms with Crippen LogP contribution < -0.4 is 11.1 Å². The number of carbonyl (C=O) groups is 1. The van der Waals surface area contributed by atoms with Crippen LogP contribution in [-0.4, -0.2) is 28.2 Å². The lowest BCUT2D eigenvalue weighted by Crippen LogP contribution is -2.41. The largest absolute Gasteiger partial charge is 0.351 e. The zero-order valence-corrected chi connectivity index (χ0v) is 10.9. The van der Waals surface area contributed by atoms with Gasteiger partial charge < -0.3 is 11.1 Å². The molecule has 94 valence electrons. The molecule has 4 nitrogen and oxygen atoms in total. The van der Waals surface area contributed by atoms with Crippen molar-refractivity contribution in [3.05, 3.63) is 35.9 Å². The van der Waals surface area contributed by atoms with Gasteiger partial charge in [-0.1, -0.05) is 30.3 Å². The highest BCUT2D eigenvalue weighted by Gasteiger charge is 2.17. The first-order valence-electron chi connectivity index (χ1n) is 5.41. The van der Waals surface area contributed by atoms with E-state index in [1.54, 1.807) is 6.26 Å². The molecule has 1 aromatic rings. The normalized spacial score (nSPS) is 15.9. The molecular weight excluding hydrogens is 236 g/mol. The Morgan fingerprint density at radius 2 is 2.00 bits per heavy atom. The highest BCUT2D eigenvalue weighted by atomic mass is 32.2. The van der Waals surface area contributed by atoms with Crippen molar-refractivity contribution in [2.24, 2.45) is 5.73 Å². The molecule has 1 aromatic carbocycles. The van der Waals surface area contributed by atoms with Gasteiger partial charge >= 0.3 is 0 Å². The van der Waals surface area contributed by atoms with Gasteiger partial charge in [0.1, 0.15) is 6.04 Å². The third-order valence-electron chi connectivity index (χ3n) is 2.31. The lowest BCUT2D eigenvalue weighted by molar-refractivity contribution is -0.122. The van der Waals surface area contributed by atoms with Gasteiger partial charge in [-0.3, -0.25) is 9.00 Å². The van der Waals surface area contributed by atoms with Crippen LogP contribution in [0.5, 0.6) is 0 Å². The van der Waals surface area contributed by atoms with E-state index >= 15 is 0 Å². The fourth-order valence-corrected chi connectivity index (χ4v) is 2.33. The van der Waals surface area contributed by atoms with Crippen LogP contribution in [-0.2, 0) is 15.6 Å². The highest BCUT2D eigenvalue weighted by Crippen LogP contribution is 2.09. The summed E-state index contributed by atoms with van der Waals surface area (Å²) in [5, 5.41) is 2.75.